The zero-order valence-corrected chi connectivity index (χ0v) is 12.8. The highest BCUT2D eigenvalue weighted by molar-refractivity contribution is 5.66. The van der Waals surface area contributed by atoms with Crippen molar-refractivity contribution in [1.29, 1.82) is 0 Å². The largest absolute Gasteiger partial charge is 0.481 e. The normalized spacial score (nSPS) is 18.1. The van der Waals surface area contributed by atoms with Crippen LogP contribution in [-0.2, 0) is 4.79 Å². The molecule has 3 rings (SSSR count). The average Bonchev–Trinajstić information content (AvgIpc) is 3.07. The van der Waals surface area contributed by atoms with Crippen molar-refractivity contribution in [2.45, 2.75) is 25.7 Å². The Morgan fingerprint density at radius 3 is 2.96 bits per heavy atom. The van der Waals surface area contributed by atoms with Gasteiger partial charge in [0.15, 0.2) is 5.82 Å². The van der Waals surface area contributed by atoms with E-state index in [0.717, 1.165) is 31.7 Å². The first-order valence-corrected chi connectivity index (χ1v) is 7.73. The van der Waals surface area contributed by atoms with E-state index in [4.69, 9.17) is 10.8 Å². The highest BCUT2D eigenvalue weighted by atomic mass is 16.4. The molecule has 3 heterocycles. The van der Waals surface area contributed by atoms with Gasteiger partial charge in [-0.15, -0.1) is 0 Å². The second kappa shape index (κ2) is 6.64. The van der Waals surface area contributed by atoms with Crippen LogP contribution in [0.1, 0.15) is 25.7 Å². The number of hydrogen-bond donors (Lipinski definition) is 2. The first kappa shape index (κ1) is 15.3. The fourth-order valence-electron chi connectivity index (χ4n) is 2.96. The number of rotatable bonds is 5. The Kier molecular flexibility index (Phi) is 4.40. The maximum atomic E-state index is 10.8. The molecule has 0 spiro atoms. The van der Waals surface area contributed by atoms with Crippen molar-refractivity contribution in [2.75, 3.05) is 23.7 Å². The van der Waals surface area contributed by atoms with E-state index in [2.05, 4.69) is 20.0 Å². The molecule has 23 heavy (non-hydrogen) atoms. The molecule has 122 valence electrons. The summed E-state index contributed by atoms with van der Waals surface area (Å²) in [5.74, 6) is 1.23. The summed E-state index contributed by atoms with van der Waals surface area (Å²) in [6.45, 7) is 1.68. The third-order valence-corrected chi connectivity index (χ3v) is 4.06. The van der Waals surface area contributed by atoms with Crippen molar-refractivity contribution in [1.82, 2.24) is 19.7 Å². The zero-order chi connectivity index (χ0) is 16.2. The van der Waals surface area contributed by atoms with Crippen LogP contribution < -0.4 is 10.6 Å². The Hall–Kier alpha value is -2.64. The zero-order valence-electron chi connectivity index (χ0n) is 12.8. The maximum absolute atomic E-state index is 10.8. The summed E-state index contributed by atoms with van der Waals surface area (Å²) in [5, 5.41) is 13.0. The minimum atomic E-state index is -0.741. The van der Waals surface area contributed by atoms with Crippen molar-refractivity contribution in [2.24, 2.45) is 5.92 Å². The Morgan fingerprint density at radius 2 is 2.22 bits per heavy atom. The molecule has 8 heteroatoms. The predicted molar refractivity (Wildman–Crippen MR) is 85.4 cm³/mol. The molecule has 0 aromatic carbocycles. The molecule has 8 nitrogen and oxygen atoms in total. The van der Waals surface area contributed by atoms with E-state index in [9.17, 15) is 4.79 Å². The molecule has 1 aliphatic rings. The quantitative estimate of drug-likeness (QED) is 0.856. The van der Waals surface area contributed by atoms with Gasteiger partial charge in [0, 0.05) is 38.0 Å². The van der Waals surface area contributed by atoms with Gasteiger partial charge in [0.25, 0.3) is 0 Å². The van der Waals surface area contributed by atoms with Gasteiger partial charge in [0.2, 0.25) is 5.95 Å². The van der Waals surface area contributed by atoms with Crippen LogP contribution in [0.25, 0.3) is 5.82 Å². The molecule has 1 aliphatic heterocycles. The third-order valence-electron chi connectivity index (χ3n) is 4.06. The summed E-state index contributed by atoms with van der Waals surface area (Å²) in [4.78, 5) is 21.5. The summed E-state index contributed by atoms with van der Waals surface area (Å²) >= 11 is 0. The lowest BCUT2D eigenvalue weighted by molar-refractivity contribution is -0.137. The SMILES string of the molecule is Nc1nc(N2CCCC(CCC(=O)O)C2)cc(-n2cccn2)n1. The van der Waals surface area contributed by atoms with Crippen molar-refractivity contribution in [3.63, 3.8) is 0 Å². The second-order valence-corrected chi connectivity index (χ2v) is 5.78. The smallest absolute Gasteiger partial charge is 0.303 e. The minimum Gasteiger partial charge on any atom is -0.481 e. The molecule has 3 N–H and O–H groups in total. The van der Waals surface area contributed by atoms with Crippen molar-refractivity contribution >= 4 is 17.7 Å². The van der Waals surface area contributed by atoms with E-state index < -0.39 is 5.97 Å². The van der Waals surface area contributed by atoms with Crippen molar-refractivity contribution in [3.05, 3.63) is 24.5 Å². The predicted octanol–water partition coefficient (Wildman–Crippen LogP) is 1.33. The lowest BCUT2D eigenvalue weighted by atomic mass is 9.93. The average molecular weight is 316 g/mol. The Labute approximate surface area is 134 Å². The number of carboxylic acid groups (broad SMARTS) is 1. The van der Waals surface area contributed by atoms with Crippen LogP contribution in [0.3, 0.4) is 0 Å². The Balaban J connectivity index is 1.76. The molecule has 1 saturated heterocycles. The molecule has 0 radical (unpaired) electrons. The van der Waals surface area contributed by atoms with E-state index in [-0.39, 0.29) is 12.4 Å². The first-order chi connectivity index (χ1) is 11.1. The number of piperidine rings is 1. The standard InChI is InChI=1S/C15H20N6O2/c16-15-18-12(9-13(19-15)21-8-2-6-17-21)20-7-1-3-11(10-20)4-5-14(22)23/h2,6,8-9,11H,1,3-5,7,10H2,(H,22,23)(H2,16,18,19). The number of nitrogen functional groups attached to an aromatic ring is 1. The van der Waals surface area contributed by atoms with Gasteiger partial charge in [-0.1, -0.05) is 0 Å². The van der Waals surface area contributed by atoms with Gasteiger partial charge in [0.1, 0.15) is 5.82 Å². The van der Waals surface area contributed by atoms with Crippen LogP contribution in [-0.4, -0.2) is 43.9 Å². The highest BCUT2D eigenvalue weighted by Crippen LogP contribution is 2.26. The number of carbonyl (C=O) groups is 1. The summed E-state index contributed by atoms with van der Waals surface area (Å²) in [6.07, 6.45) is 6.46. The molecule has 1 unspecified atom stereocenters. The van der Waals surface area contributed by atoms with E-state index in [1.54, 1.807) is 17.1 Å². The summed E-state index contributed by atoms with van der Waals surface area (Å²) < 4.78 is 1.65. The monoisotopic (exact) mass is 316 g/mol. The van der Waals surface area contributed by atoms with Crippen LogP contribution in [0.4, 0.5) is 11.8 Å². The van der Waals surface area contributed by atoms with Gasteiger partial charge in [-0.2, -0.15) is 15.1 Å². The van der Waals surface area contributed by atoms with Crippen LogP contribution in [0.5, 0.6) is 0 Å². The molecule has 1 atom stereocenters. The number of nitrogens with zero attached hydrogens (tertiary/aromatic N) is 5. The van der Waals surface area contributed by atoms with E-state index in [1.807, 2.05) is 12.1 Å². The van der Waals surface area contributed by atoms with E-state index in [1.165, 1.54) is 0 Å². The maximum Gasteiger partial charge on any atom is 0.303 e. The van der Waals surface area contributed by atoms with Gasteiger partial charge >= 0.3 is 5.97 Å². The van der Waals surface area contributed by atoms with Gasteiger partial charge in [-0.25, -0.2) is 4.68 Å². The topological polar surface area (TPSA) is 110 Å². The fraction of sp³-hybridized carbons (Fsp3) is 0.467. The van der Waals surface area contributed by atoms with Gasteiger partial charge in [0.05, 0.1) is 0 Å². The number of aromatic nitrogens is 4. The van der Waals surface area contributed by atoms with E-state index in [0.29, 0.717) is 18.2 Å². The van der Waals surface area contributed by atoms with Crippen LogP contribution >= 0.6 is 0 Å². The Morgan fingerprint density at radius 1 is 1.39 bits per heavy atom. The lowest BCUT2D eigenvalue weighted by Crippen LogP contribution is -2.36. The van der Waals surface area contributed by atoms with Crippen molar-refractivity contribution < 1.29 is 9.90 Å². The molecule has 2 aromatic heterocycles. The second-order valence-electron chi connectivity index (χ2n) is 5.78. The lowest BCUT2D eigenvalue weighted by Gasteiger charge is -2.33. The molecule has 2 aromatic rings. The van der Waals surface area contributed by atoms with Gasteiger partial charge in [-0.3, -0.25) is 4.79 Å². The number of nitrogens with two attached hydrogens (primary N) is 1. The van der Waals surface area contributed by atoms with Crippen LogP contribution in [0.2, 0.25) is 0 Å². The molecule has 0 aliphatic carbocycles. The summed E-state index contributed by atoms with van der Waals surface area (Å²) in [5.41, 5.74) is 5.84. The molecule has 0 saturated carbocycles. The van der Waals surface area contributed by atoms with Crippen LogP contribution in [0.15, 0.2) is 24.5 Å². The minimum absolute atomic E-state index is 0.209. The number of carboxylic acids is 1. The third kappa shape index (κ3) is 3.77. The number of aliphatic carboxylic acids is 1. The number of anilines is 2. The molecule has 1 fully saturated rings. The van der Waals surface area contributed by atoms with Crippen molar-refractivity contribution in [3.8, 4) is 5.82 Å². The molecule has 0 bridgehead atoms. The molecular weight excluding hydrogens is 296 g/mol. The van der Waals surface area contributed by atoms with Crippen LogP contribution in [0, 0.1) is 5.92 Å². The summed E-state index contributed by atoms with van der Waals surface area (Å²) in [7, 11) is 0. The molecule has 0 amide bonds. The molecular formula is C15H20N6O2. The Bertz CT molecular complexity index is 673. The van der Waals surface area contributed by atoms with E-state index >= 15 is 0 Å². The number of hydrogen-bond acceptors (Lipinski definition) is 6. The first-order valence-electron chi connectivity index (χ1n) is 7.73. The fourth-order valence-corrected chi connectivity index (χ4v) is 2.96. The van der Waals surface area contributed by atoms with Gasteiger partial charge < -0.3 is 15.7 Å². The summed E-state index contributed by atoms with van der Waals surface area (Å²) in [6, 6.07) is 3.68. The highest BCUT2D eigenvalue weighted by Gasteiger charge is 2.22. The van der Waals surface area contributed by atoms with Gasteiger partial charge in [-0.05, 0) is 31.2 Å².